The minimum atomic E-state index is -2.30. The average Bonchev–Trinajstić information content (AvgIpc) is 2.69. The van der Waals surface area contributed by atoms with Gasteiger partial charge >= 0.3 is 0 Å². The van der Waals surface area contributed by atoms with Crippen LogP contribution in [0.3, 0.4) is 0 Å². The molecule has 82 valence electrons. The van der Waals surface area contributed by atoms with Gasteiger partial charge in [-0.05, 0) is 16.6 Å². The Kier molecular flexibility index (Phi) is 3.16. The first kappa shape index (κ1) is 10.8. The molecule has 0 saturated carbocycles. The highest BCUT2D eigenvalue weighted by atomic mass is 32.2. The molecule has 4 nitrogen and oxygen atoms in total. The Bertz CT molecular complexity index is 346. The summed E-state index contributed by atoms with van der Waals surface area (Å²) in [5.41, 5.74) is 0.923. The molecule has 5 heteroatoms. The lowest BCUT2D eigenvalue weighted by Crippen LogP contribution is -2.39. The zero-order valence-corrected chi connectivity index (χ0v) is 8.87. The third-order valence-electron chi connectivity index (χ3n) is 2.35. The molecule has 0 N–H and O–H groups in total. The smallest absolute Gasteiger partial charge is 0.159 e. The van der Waals surface area contributed by atoms with Crippen molar-refractivity contribution in [3.63, 3.8) is 0 Å². The van der Waals surface area contributed by atoms with Gasteiger partial charge in [-0.2, -0.15) is 0 Å². The molecule has 1 aromatic carbocycles. The van der Waals surface area contributed by atoms with Crippen LogP contribution in [0.15, 0.2) is 30.3 Å². The van der Waals surface area contributed by atoms with Crippen LogP contribution in [0.25, 0.3) is 0 Å². The van der Waals surface area contributed by atoms with Crippen molar-refractivity contribution < 1.29 is 18.2 Å². The van der Waals surface area contributed by atoms with Crippen molar-refractivity contribution in [1.29, 1.82) is 0 Å². The first-order valence-electron chi connectivity index (χ1n) is 4.58. The van der Waals surface area contributed by atoms with Crippen LogP contribution in [-0.4, -0.2) is 27.1 Å². The lowest BCUT2D eigenvalue weighted by Gasteiger charge is -2.28. The van der Waals surface area contributed by atoms with Gasteiger partial charge in [-0.25, -0.2) is 0 Å². The summed E-state index contributed by atoms with van der Waals surface area (Å²) < 4.78 is 32.4. The van der Waals surface area contributed by atoms with E-state index in [2.05, 4.69) is 0 Å². The lowest BCUT2D eigenvalue weighted by atomic mass is 10.1. The summed E-state index contributed by atoms with van der Waals surface area (Å²) in [5.74, 6) is 0. The van der Waals surface area contributed by atoms with E-state index in [1.54, 1.807) is 0 Å². The number of rotatable bonds is 3. The van der Waals surface area contributed by atoms with E-state index < -0.39 is 16.0 Å². The molecule has 0 spiro atoms. The van der Waals surface area contributed by atoms with E-state index in [-0.39, 0.29) is 13.4 Å². The van der Waals surface area contributed by atoms with E-state index in [4.69, 9.17) is 9.47 Å². The first-order valence-corrected chi connectivity index (χ1v) is 5.65. The predicted octanol–water partition coefficient (Wildman–Crippen LogP) is 0.809. The average molecular weight is 227 g/mol. The third kappa shape index (κ3) is 2.26. The monoisotopic (exact) mass is 227 g/mol. The van der Waals surface area contributed by atoms with Gasteiger partial charge in [0, 0.05) is 6.42 Å². The van der Waals surface area contributed by atoms with Gasteiger partial charge in [0.05, 0.1) is 6.61 Å². The summed E-state index contributed by atoms with van der Waals surface area (Å²) in [6.45, 7) is 0.138. The van der Waals surface area contributed by atoms with E-state index in [9.17, 15) is 8.76 Å². The summed E-state index contributed by atoms with van der Waals surface area (Å²) >= 11 is -2.30. The normalized spacial score (nSPS) is 27.8. The van der Waals surface area contributed by atoms with Crippen LogP contribution >= 0.6 is 0 Å². The largest absolute Gasteiger partial charge is 0.770 e. The van der Waals surface area contributed by atoms with E-state index >= 15 is 0 Å². The Morgan fingerprint density at radius 1 is 1.40 bits per heavy atom. The second-order valence-corrected chi connectivity index (χ2v) is 4.63. The molecule has 0 bridgehead atoms. The Morgan fingerprint density at radius 3 is 2.67 bits per heavy atom. The Labute approximate surface area is 90.5 Å². The molecule has 2 rings (SSSR count). The van der Waals surface area contributed by atoms with E-state index in [1.807, 2.05) is 30.3 Å². The van der Waals surface area contributed by atoms with Gasteiger partial charge < -0.3 is 14.0 Å². The third-order valence-corrected chi connectivity index (χ3v) is 3.33. The highest BCUT2D eigenvalue weighted by molar-refractivity contribution is 7.80. The molecular weight excluding hydrogens is 216 g/mol. The van der Waals surface area contributed by atoms with Crippen molar-refractivity contribution in [2.24, 2.45) is 0 Å². The molecule has 0 aromatic heterocycles. The summed E-state index contributed by atoms with van der Waals surface area (Å²) in [7, 11) is 0. The fraction of sp³-hybridized carbons (Fsp3) is 0.400. The van der Waals surface area contributed by atoms with Crippen LogP contribution in [0.5, 0.6) is 0 Å². The van der Waals surface area contributed by atoms with E-state index in [0.717, 1.165) is 5.56 Å². The molecule has 15 heavy (non-hydrogen) atoms. The molecule has 2 unspecified atom stereocenters. The zero-order valence-electron chi connectivity index (χ0n) is 8.05. The van der Waals surface area contributed by atoms with E-state index in [1.165, 1.54) is 0 Å². The topological polar surface area (TPSA) is 58.6 Å². The molecule has 1 aliphatic rings. The molecule has 1 aromatic rings. The zero-order chi connectivity index (χ0) is 10.7. The Morgan fingerprint density at radius 2 is 2.13 bits per heavy atom. The molecule has 0 aliphatic carbocycles. The SMILES string of the molecule is O=S([O-])C1(Cc2ccccc2)COCO1. The number of hydrogen-bond donors (Lipinski definition) is 0. The van der Waals surface area contributed by atoms with E-state index in [0.29, 0.717) is 6.42 Å². The minimum Gasteiger partial charge on any atom is -0.770 e. The molecule has 1 aliphatic heterocycles. The quantitative estimate of drug-likeness (QED) is 0.717. The summed E-state index contributed by atoms with van der Waals surface area (Å²) in [6.07, 6.45) is 0.323. The van der Waals surface area contributed by atoms with Crippen LogP contribution in [0.2, 0.25) is 0 Å². The second kappa shape index (κ2) is 4.40. The Balaban J connectivity index is 2.18. The molecule has 1 heterocycles. The van der Waals surface area contributed by atoms with Gasteiger partial charge in [0.1, 0.15) is 6.79 Å². The van der Waals surface area contributed by atoms with Gasteiger partial charge in [0.25, 0.3) is 0 Å². The summed E-state index contributed by atoms with van der Waals surface area (Å²) in [6, 6.07) is 9.36. The van der Waals surface area contributed by atoms with Crippen LogP contribution in [0.4, 0.5) is 0 Å². The molecule has 1 fully saturated rings. The molecule has 0 radical (unpaired) electrons. The van der Waals surface area contributed by atoms with Crippen molar-refractivity contribution >= 4 is 11.1 Å². The van der Waals surface area contributed by atoms with Crippen LogP contribution in [0, 0.1) is 0 Å². The van der Waals surface area contributed by atoms with Gasteiger partial charge in [0.15, 0.2) is 4.93 Å². The number of benzene rings is 1. The maximum absolute atomic E-state index is 11.1. The highest BCUT2D eigenvalue weighted by Crippen LogP contribution is 2.26. The molecule has 0 amide bonds. The number of ether oxygens (including phenoxy) is 2. The van der Waals surface area contributed by atoms with Crippen LogP contribution in [0.1, 0.15) is 5.56 Å². The summed E-state index contributed by atoms with van der Waals surface area (Å²) in [5, 5.41) is 0. The van der Waals surface area contributed by atoms with Gasteiger partial charge in [0.2, 0.25) is 0 Å². The fourth-order valence-electron chi connectivity index (χ4n) is 1.55. The Hall–Kier alpha value is -0.750. The van der Waals surface area contributed by atoms with Gasteiger partial charge in [-0.1, -0.05) is 30.3 Å². The second-order valence-electron chi connectivity index (χ2n) is 3.42. The highest BCUT2D eigenvalue weighted by Gasteiger charge is 2.37. The fourth-order valence-corrected chi connectivity index (χ4v) is 2.16. The summed E-state index contributed by atoms with van der Waals surface area (Å²) in [4.78, 5) is -1.21. The minimum absolute atomic E-state index is 0.0425. The van der Waals surface area contributed by atoms with Crippen molar-refractivity contribution in [1.82, 2.24) is 0 Å². The molecular formula is C10H11O4S-. The lowest BCUT2D eigenvalue weighted by molar-refractivity contribution is 0.0307. The van der Waals surface area contributed by atoms with Gasteiger partial charge in [-0.15, -0.1) is 0 Å². The molecule has 2 atom stereocenters. The van der Waals surface area contributed by atoms with Crippen molar-refractivity contribution in [2.75, 3.05) is 13.4 Å². The maximum atomic E-state index is 11.1. The van der Waals surface area contributed by atoms with Crippen LogP contribution < -0.4 is 0 Å². The van der Waals surface area contributed by atoms with Crippen molar-refractivity contribution in [2.45, 2.75) is 11.4 Å². The maximum Gasteiger partial charge on any atom is 0.159 e. The molecule has 1 saturated heterocycles. The van der Waals surface area contributed by atoms with Gasteiger partial charge in [-0.3, -0.25) is 4.21 Å². The van der Waals surface area contributed by atoms with Crippen molar-refractivity contribution in [3.8, 4) is 0 Å². The first-order chi connectivity index (χ1) is 7.23. The van der Waals surface area contributed by atoms with Crippen molar-refractivity contribution in [3.05, 3.63) is 35.9 Å². The standard InChI is InChI=1S/C10H12O4S/c11-15(12)10(7-13-8-14-10)6-9-4-2-1-3-5-9/h1-5H,6-8H2,(H,11,12)/p-1. The van der Waals surface area contributed by atoms with Crippen LogP contribution in [-0.2, 0) is 27.0 Å². The number of hydrogen-bond acceptors (Lipinski definition) is 4. The predicted molar refractivity (Wildman–Crippen MR) is 53.7 cm³/mol.